The highest BCUT2D eigenvalue weighted by Crippen LogP contribution is 2.33. The summed E-state index contributed by atoms with van der Waals surface area (Å²) in [6.45, 7) is 8.22. The molecule has 4 heterocycles. The van der Waals surface area contributed by atoms with E-state index in [1.807, 2.05) is 33.5 Å². The summed E-state index contributed by atoms with van der Waals surface area (Å²) in [6.07, 6.45) is 9.78. The molecule has 0 spiro atoms. The highest BCUT2D eigenvalue weighted by atomic mass is 28.3. The third-order valence-corrected chi connectivity index (χ3v) is 7.56. The van der Waals surface area contributed by atoms with Crippen molar-refractivity contribution in [2.24, 2.45) is 5.92 Å². The van der Waals surface area contributed by atoms with E-state index in [2.05, 4.69) is 48.3 Å². The lowest BCUT2D eigenvalue weighted by atomic mass is 10.1. The normalized spacial score (nSPS) is 14.3. The van der Waals surface area contributed by atoms with E-state index in [0.29, 0.717) is 12.5 Å². The van der Waals surface area contributed by atoms with Crippen molar-refractivity contribution in [1.82, 2.24) is 18.9 Å². The molecule has 8 heteroatoms. The number of hydrogen-bond donors (Lipinski definition) is 1. The Balaban J connectivity index is 1.48. The molecule has 0 aromatic carbocycles. The topological polar surface area (TPSA) is 73.5 Å². The summed E-state index contributed by atoms with van der Waals surface area (Å²) in [7, 11) is -1.15. The number of pyridine rings is 2. The zero-order valence-corrected chi connectivity index (χ0v) is 19.8. The minimum absolute atomic E-state index is 0.0614. The second-order valence-corrected chi connectivity index (χ2v) is 15.4. The molecule has 166 valence electrons. The second-order valence-electron chi connectivity index (χ2n) is 9.80. The molecule has 0 saturated heterocycles. The molecule has 1 N–H and O–H groups in total. The predicted octanol–water partition coefficient (Wildman–Crippen LogP) is 5.01. The number of ether oxygens (including phenoxy) is 1. The van der Waals surface area contributed by atoms with Gasteiger partial charge in [-0.05, 0) is 48.7 Å². The fourth-order valence-corrected chi connectivity index (χ4v) is 4.51. The maximum absolute atomic E-state index is 12.2. The fourth-order valence-electron chi connectivity index (χ4n) is 3.75. The molecule has 1 saturated carbocycles. The van der Waals surface area contributed by atoms with Gasteiger partial charge < -0.3 is 19.0 Å². The van der Waals surface area contributed by atoms with Gasteiger partial charge in [-0.25, -0.2) is 9.97 Å². The highest BCUT2D eigenvalue weighted by molar-refractivity contribution is 6.76. The first-order chi connectivity index (χ1) is 15.4. The Bertz CT molecular complexity index is 1280. The van der Waals surface area contributed by atoms with E-state index in [1.54, 1.807) is 6.20 Å². The van der Waals surface area contributed by atoms with Crippen LogP contribution in [0.5, 0.6) is 0 Å². The number of aromatic nitrogens is 4. The molecule has 32 heavy (non-hydrogen) atoms. The highest BCUT2D eigenvalue weighted by Gasteiger charge is 2.30. The molecule has 0 bridgehead atoms. The number of anilines is 1. The maximum Gasteiger partial charge on any atom is 0.228 e. The Morgan fingerprint density at radius 2 is 2.06 bits per heavy atom. The van der Waals surface area contributed by atoms with Crippen LogP contribution in [0.4, 0.5) is 5.82 Å². The van der Waals surface area contributed by atoms with E-state index >= 15 is 0 Å². The SMILES string of the molecule is C[Si](C)(C)CCOCn1cc(-c2ccn3ccnc3c2)c2ccc(NC(=O)C3CC3)nc21. The van der Waals surface area contributed by atoms with Gasteiger partial charge in [0, 0.05) is 56.3 Å². The van der Waals surface area contributed by atoms with Crippen LogP contribution >= 0.6 is 0 Å². The van der Waals surface area contributed by atoms with Gasteiger partial charge in [0.1, 0.15) is 23.8 Å². The quantitative estimate of drug-likeness (QED) is 0.304. The van der Waals surface area contributed by atoms with Gasteiger partial charge in [0.25, 0.3) is 0 Å². The van der Waals surface area contributed by atoms with Gasteiger partial charge in [0.15, 0.2) is 0 Å². The smallest absolute Gasteiger partial charge is 0.228 e. The van der Waals surface area contributed by atoms with Gasteiger partial charge in [-0.1, -0.05) is 19.6 Å². The summed E-state index contributed by atoms with van der Waals surface area (Å²) in [4.78, 5) is 21.4. The zero-order valence-electron chi connectivity index (χ0n) is 18.8. The molecule has 4 aromatic heterocycles. The first-order valence-corrected chi connectivity index (χ1v) is 14.9. The van der Waals surface area contributed by atoms with Crippen molar-refractivity contribution in [3.63, 3.8) is 0 Å². The van der Waals surface area contributed by atoms with E-state index in [9.17, 15) is 4.79 Å². The number of imidazole rings is 1. The molecule has 0 unspecified atom stereocenters. The molecule has 0 aliphatic heterocycles. The van der Waals surface area contributed by atoms with Crippen molar-refractivity contribution < 1.29 is 9.53 Å². The summed E-state index contributed by atoms with van der Waals surface area (Å²) in [5.41, 5.74) is 3.86. The summed E-state index contributed by atoms with van der Waals surface area (Å²) in [6, 6.07) is 9.20. The van der Waals surface area contributed by atoms with Crippen LogP contribution in [-0.4, -0.2) is 39.5 Å². The van der Waals surface area contributed by atoms with Gasteiger partial charge in [0.2, 0.25) is 5.91 Å². The van der Waals surface area contributed by atoms with Gasteiger partial charge in [0.05, 0.1) is 0 Å². The summed E-state index contributed by atoms with van der Waals surface area (Å²) in [5.74, 6) is 0.790. The van der Waals surface area contributed by atoms with Crippen LogP contribution in [-0.2, 0) is 16.3 Å². The minimum atomic E-state index is -1.15. The van der Waals surface area contributed by atoms with Gasteiger partial charge in [-0.15, -0.1) is 0 Å². The molecule has 1 aliphatic rings. The van der Waals surface area contributed by atoms with Crippen molar-refractivity contribution in [3.8, 4) is 11.1 Å². The van der Waals surface area contributed by atoms with E-state index in [0.717, 1.165) is 53.3 Å². The Morgan fingerprint density at radius 1 is 1.22 bits per heavy atom. The number of nitrogens with one attached hydrogen (secondary N) is 1. The molecule has 0 atom stereocenters. The summed E-state index contributed by atoms with van der Waals surface area (Å²) in [5, 5.41) is 4.00. The van der Waals surface area contributed by atoms with E-state index in [1.165, 1.54) is 0 Å². The number of carbonyl (C=O) groups is 1. The van der Waals surface area contributed by atoms with Crippen LogP contribution in [0.3, 0.4) is 0 Å². The third-order valence-electron chi connectivity index (χ3n) is 5.86. The number of amides is 1. The largest absolute Gasteiger partial charge is 0.361 e. The number of nitrogens with zero attached hydrogens (tertiary/aromatic N) is 4. The summed E-state index contributed by atoms with van der Waals surface area (Å²) < 4.78 is 10.1. The zero-order chi connectivity index (χ0) is 22.3. The number of rotatable bonds is 8. The molecule has 4 aromatic rings. The minimum Gasteiger partial charge on any atom is -0.361 e. The predicted molar refractivity (Wildman–Crippen MR) is 129 cm³/mol. The Kier molecular flexibility index (Phi) is 5.34. The van der Waals surface area contributed by atoms with Gasteiger partial charge in [-0.3, -0.25) is 4.79 Å². The summed E-state index contributed by atoms with van der Waals surface area (Å²) >= 11 is 0. The second kappa shape index (κ2) is 8.18. The Labute approximate surface area is 188 Å². The first kappa shape index (κ1) is 20.9. The number of hydrogen-bond acceptors (Lipinski definition) is 4. The number of fused-ring (bicyclic) bond motifs is 2. The fraction of sp³-hybridized carbons (Fsp3) is 0.375. The monoisotopic (exact) mass is 447 g/mol. The molecule has 1 fully saturated rings. The molecular weight excluding hydrogens is 418 g/mol. The van der Waals surface area contributed by atoms with Crippen LogP contribution < -0.4 is 5.32 Å². The average Bonchev–Trinajstić information content (AvgIpc) is 3.40. The molecule has 1 amide bonds. The van der Waals surface area contributed by atoms with E-state index in [-0.39, 0.29) is 11.8 Å². The van der Waals surface area contributed by atoms with E-state index < -0.39 is 8.07 Å². The molecule has 7 nitrogen and oxygen atoms in total. The Hall–Kier alpha value is -2.97. The molecular formula is C24H29N5O2Si. The van der Waals surface area contributed by atoms with Crippen molar-refractivity contribution in [1.29, 1.82) is 0 Å². The van der Waals surface area contributed by atoms with Crippen molar-refractivity contribution in [3.05, 3.63) is 49.1 Å². The molecule has 5 rings (SSSR count). The standard InChI is InChI=1S/C24H29N5O2Si/c1-32(2,3)13-12-31-16-29-15-20(18-8-10-28-11-9-25-22(28)14-18)19-6-7-21(26-23(19)29)27-24(30)17-4-5-17/h6-11,14-15,17H,4-5,12-13,16H2,1-3H3,(H,26,27,30). The molecule has 0 radical (unpaired) electrons. The first-order valence-electron chi connectivity index (χ1n) is 11.2. The average molecular weight is 448 g/mol. The van der Waals surface area contributed by atoms with Crippen LogP contribution in [0.2, 0.25) is 25.7 Å². The maximum atomic E-state index is 12.2. The molecule has 1 aliphatic carbocycles. The van der Waals surface area contributed by atoms with Gasteiger partial charge >= 0.3 is 0 Å². The van der Waals surface area contributed by atoms with E-state index in [4.69, 9.17) is 9.72 Å². The van der Waals surface area contributed by atoms with Crippen LogP contribution in [0.1, 0.15) is 12.8 Å². The lowest BCUT2D eigenvalue weighted by molar-refractivity contribution is -0.117. The van der Waals surface area contributed by atoms with Crippen LogP contribution in [0, 0.1) is 5.92 Å². The van der Waals surface area contributed by atoms with Crippen molar-refractivity contribution in [2.75, 3.05) is 11.9 Å². The van der Waals surface area contributed by atoms with Crippen molar-refractivity contribution in [2.45, 2.75) is 45.3 Å². The lowest BCUT2D eigenvalue weighted by Gasteiger charge is -2.15. The van der Waals surface area contributed by atoms with Crippen LogP contribution in [0.25, 0.3) is 27.8 Å². The van der Waals surface area contributed by atoms with Gasteiger partial charge in [-0.2, -0.15) is 0 Å². The number of carbonyl (C=O) groups excluding carboxylic acids is 1. The van der Waals surface area contributed by atoms with Crippen molar-refractivity contribution >= 4 is 36.5 Å². The Morgan fingerprint density at radius 3 is 2.84 bits per heavy atom. The third kappa shape index (κ3) is 4.47. The lowest BCUT2D eigenvalue weighted by Crippen LogP contribution is -2.22. The van der Waals surface area contributed by atoms with Crippen LogP contribution in [0.15, 0.2) is 49.1 Å².